The van der Waals surface area contributed by atoms with Gasteiger partial charge in [-0.1, -0.05) is 0 Å². The van der Waals surface area contributed by atoms with Crippen LogP contribution in [0.4, 0.5) is 5.95 Å². The highest BCUT2D eigenvalue weighted by Gasteiger charge is 2.29. The fourth-order valence-corrected chi connectivity index (χ4v) is 1.40. The lowest BCUT2D eigenvalue weighted by Crippen LogP contribution is -2.32. The Morgan fingerprint density at radius 1 is 1.79 bits per heavy atom. The highest BCUT2D eigenvalue weighted by Crippen LogP contribution is 2.25. The summed E-state index contributed by atoms with van der Waals surface area (Å²) in [6.45, 7) is 0.291. The van der Waals surface area contributed by atoms with Crippen LogP contribution in [0.5, 0.6) is 0 Å². The Morgan fingerprint density at radius 3 is 3.00 bits per heavy atom. The maximum Gasteiger partial charge on any atom is 0.242 e. The van der Waals surface area contributed by atoms with Crippen LogP contribution in [-0.2, 0) is 11.3 Å². The first-order valence-electron chi connectivity index (χ1n) is 4.71. The van der Waals surface area contributed by atoms with Crippen LogP contribution in [0.15, 0.2) is 12.4 Å². The van der Waals surface area contributed by atoms with Gasteiger partial charge in [0.05, 0.1) is 0 Å². The van der Waals surface area contributed by atoms with Crippen molar-refractivity contribution in [3.05, 3.63) is 12.4 Å². The lowest BCUT2D eigenvalue weighted by atomic mass is 10.4. The molecule has 0 aliphatic heterocycles. The molecule has 2 rings (SSSR count). The molecule has 0 saturated heterocycles. The molecule has 5 nitrogen and oxygen atoms in total. The van der Waals surface area contributed by atoms with Crippen LogP contribution in [0.3, 0.4) is 0 Å². The van der Waals surface area contributed by atoms with Crippen LogP contribution in [-0.4, -0.2) is 33.4 Å². The van der Waals surface area contributed by atoms with E-state index < -0.39 is 0 Å². The van der Waals surface area contributed by atoms with Gasteiger partial charge in [0.1, 0.15) is 6.54 Å². The molecule has 76 valence electrons. The number of rotatable bonds is 3. The van der Waals surface area contributed by atoms with E-state index in [9.17, 15) is 4.79 Å². The molecule has 1 aliphatic rings. The molecule has 2 N–H and O–H groups in total. The average molecular weight is 194 g/mol. The first-order chi connectivity index (χ1) is 6.68. The smallest absolute Gasteiger partial charge is 0.242 e. The van der Waals surface area contributed by atoms with E-state index in [1.54, 1.807) is 21.9 Å². The van der Waals surface area contributed by atoms with Crippen molar-refractivity contribution in [1.29, 1.82) is 0 Å². The SMILES string of the molecule is CN(C(=O)Cn1ccnc1N)C1CC1. The summed E-state index contributed by atoms with van der Waals surface area (Å²) in [5.41, 5.74) is 5.56. The zero-order valence-electron chi connectivity index (χ0n) is 8.18. The Kier molecular flexibility index (Phi) is 2.15. The molecule has 14 heavy (non-hydrogen) atoms. The number of amides is 1. The van der Waals surface area contributed by atoms with Crippen molar-refractivity contribution >= 4 is 11.9 Å². The molecule has 1 aromatic heterocycles. The Hall–Kier alpha value is -1.52. The lowest BCUT2D eigenvalue weighted by Gasteiger charge is -2.16. The number of imidazole rings is 1. The van der Waals surface area contributed by atoms with E-state index in [-0.39, 0.29) is 5.91 Å². The molecule has 1 fully saturated rings. The summed E-state index contributed by atoms with van der Waals surface area (Å²) in [4.78, 5) is 17.3. The monoisotopic (exact) mass is 194 g/mol. The minimum absolute atomic E-state index is 0.0946. The molecule has 0 radical (unpaired) electrons. The van der Waals surface area contributed by atoms with Crippen molar-refractivity contribution in [3.63, 3.8) is 0 Å². The second-order valence-electron chi connectivity index (χ2n) is 3.65. The van der Waals surface area contributed by atoms with Crippen LogP contribution < -0.4 is 5.73 Å². The molecule has 5 heteroatoms. The van der Waals surface area contributed by atoms with Gasteiger partial charge in [-0.25, -0.2) is 4.98 Å². The molecule has 1 heterocycles. The lowest BCUT2D eigenvalue weighted by molar-refractivity contribution is -0.130. The largest absolute Gasteiger partial charge is 0.369 e. The number of nitrogen functional groups attached to an aromatic ring is 1. The zero-order chi connectivity index (χ0) is 10.1. The fraction of sp³-hybridized carbons (Fsp3) is 0.556. The molecule has 1 aromatic rings. The Balaban J connectivity index is 1.97. The van der Waals surface area contributed by atoms with Gasteiger partial charge in [-0.05, 0) is 12.8 Å². The van der Waals surface area contributed by atoms with Gasteiger partial charge in [0.15, 0.2) is 0 Å². The standard InChI is InChI=1S/C9H14N4O/c1-12(7-2-3-7)8(14)6-13-5-4-11-9(13)10/h4-5,7H,2-3,6H2,1H3,(H2,10,11). The molecule has 1 aliphatic carbocycles. The Bertz CT molecular complexity index is 342. The molecule has 0 aromatic carbocycles. The van der Waals surface area contributed by atoms with Gasteiger partial charge in [-0.2, -0.15) is 0 Å². The molecule has 1 amide bonds. The normalized spacial score (nSPS) is 15.5. The van der Waals surface area contributed by atoms with Gasteiger partial charge in [-0.15, -0.1) is 0 Å². The Morgan fingerprint density at radius 2 is 2.50 bits per heavy atom. The highest BCUT2D eigenvalue weighted by atomic mass is 16.2. The number of carbonyl (C=O) groups excluding carboxylic acids is 1. The van der Waals surface area contributed by atoms with E-state index in [4.69, 9.17) is 5.73 Å². The third-order valence-electron chi connectivity index (χ3n) is 2.54. The van der Waals surface area contributed by atoms with Crippen LogP contribution in [0.1, 0.15) is 12.8 Å². The van der Waals surface area contributed by atoms with E-state index in [1.807, 2.05) is 7.05 Å². The van der Waals surface area contributed by atoms with Crippen molar-refractivity contribution in [2.75, 3.05) is 12.8 Å². The minimum atomic E-state index is 0.0946. The highest BCUT2D eigenvalue weighted by molar-refractivity contribution is 5.76. The topological polar surface area (TPSA) is 64.2 Å². The van der Waals surface area contributed by atoms with E-state index >= 15 is 0 Å². The van der Waals surface area contributed by atoms with E-state index in [1.165, 1.54) is 0 Å². The van der Waals surface area contributed by atoms with Crippen LogP contribution >= 0.6 is 0 Å². The van der Waals surface area contributed by atoms with E-state index in [2.05, 4.69) is 4.98 Å². The number of nitrogens with zero attached hydrogens (tertiary/aromatic N) is 3. The van der Waals surface area contributed by atoms with Gasteiger partial charge >= 0.3 is 0 Å². The summed E-state index contributed by atoms with van der Waals surface area (Å²) in [5.74, 6) is 0.486. The quantitative estimate of drug-likeness (QED) is 0.741. The summed E-state index contributed by atoms with van der Waals surface area (Å²) < 4.78 is 1.65. The van der Waals surface area contributed by atoms with E-state index in [0.717, 1.165) is 12.8 Å². The molecular formula is C9H14N4O. The van der Waals surface area contributed by atoms with Crippen molar-refractivity contribution < 1.29 is 4.79 Å². The first kappa shape index (κ1) is 9.05. The van der Waals surface area contributed by atoms with Crippen LogP contribution in [0.2, 0.25) is 0 Å². The number of hydrogen-bond acceptors (Lipinski definition) is 3. The number of likely N-dealkylation sites (N-methyl/N-ethyl adjacent to an activating group) is 1. The summed E-state index contributed by atoms with van der Waals surface area (Å²) in [7, 11) is 1.84. The molecule has 0 atom stereocenters. The number of anilines is 1. The maximum absolute atomic E-state index is 11.7. The minimum Gasteiger partial charge on any atom is -0.369 e. The van der Waals surface area contributed by atoms with E-state index in [0.29, 0.717) is 18.5 Å². The van der Waals surface area contributed by atoms with Crippen LogP contribution in [0, 0.1) is 0 Å². The molecule has 1 saturated carbocycles. The molecule has 0 spiro atoms. The predicted octanol–water partition coefficient (Wildman–Crippen LogP) is 0.0861. The van der Waals surface area contributed by atoms with Gasteiger partial charge in [0, 0.05) is 25.5 Å². The number of carbonyl (C=O) groups is 1. The van der Waals surface area contributed by atoms with Crippen molar-refractivity contribution in [2.45, 2.75) is 25.4 Å². The molecule has 0 bridgehead atoms. The number of aromatic nitrogens is 2. The van der Waals surface area contributed by atoms with Crippen LogP contribution in [0.25, 0.3) is 0 Å². The van der Waals surface area contributed by atoms with Crippen molar-refractivity contribution in [2.24, 2.45) is 0 Å². The third-order valence-corrected chi connectivity index (χ3v) is 2.54. The number of nitrogens with two attached hydrogens (primary N) is 1. The third kappa shape index (κ3) is 1.71. The molecular weight excluding hydrogens is 180 g/mol. The summed E-state index contributed by atoms with van der Waals surface area (Å²) in [5, 5.41) is 0. The summed E-state index contributed by atoms with van der Waals surface area (Å²) in [6, 6.07) is 0.451. The van der Waals surface area contributed by atoms with Gasteiger partial charge in [0.2, 0.25) is 11.9 Å². The Labute approximate surface area is 82.5 Å². The fourth-order valence-electron chi connectivity index (χ4n) is 1.40. The summed E-state index contributed by atoms with van der Waals surface area (Å²) >= 11 is 0. The molecule has 0 unspecified atom stereocenters. The zero-order valence-corrected chi connectivity index (χ0v) is 8.18. The average Bonchev–Trinajstić information content (AvgIpc) is 2.92. The maximum atomic E-state index is 11.7. The van der Waals surface area contributed by atoms with Gasteiger partial charge in [-0.3, -0.25) is 4.79 Å². The number of hydrogen-bond donors (Lipinski definition) is 1. The van der Waals surface area contributed by atoms with Crippen molar-refractivity contribution in [1.82, 2.24) is 14.5 Å². The van der Waals surface area contributed by atoms with Gasteiger partial charge < -0.3 is 15.2 Å². The predicted molar refractivity (Wildman–Crippen MR) is 52.4 cm³/mol. The second kappa shape index (κ2) is 3.32. The second-order valence-corrected chi connectivity index (χ2v) is 3.65. The first-order valence-corrected chi connectivity index (χ1v) is 4.71. The van der Waals surface area contributed by atoms with Gasteiger partial charge in [0.25, 0.3) is 0 Å². The van der Waals surface area contributed by atoms with Crippen molar-refractivity contribution in [3.8, 4) is 0 Å². The summed E-state index contributed by atoms with van der Waals surface area (Å²) in [6.07, 6.45) is 5.57.